The van der Waals surface area contributed by atoms with Gasteiger partial charge in [-0.05, 0) is 18.9 Å². The molecule has 1 aliphatic rings. The average molecular weight is 340 g/mol. The summed E-state index contributed by atoms with van der Waals surface area (Å²) in [5.74, 6) is 1.53. The fourth-order valence-electron chi connectivity index (χ4n) is 3.19. The van der Waals surface area contributed by atoms with Crippen molar-refractivity contribution in [1.29, 1.82) is 0 Å². The number of aliphatic hydroxyl groups excluding tert-OH is 1. The molecule has 4 rings (SSSR count). The van der Waals surface area contributed by atoms with Crippen LogP contribution in [0.5, 0.6) is 0 Å². The van der Waals surface area contributed by atoms with Crippen LogP contribution >= 0.6 is 0 Å². The number of piperidine rings is 1. The first-order chi connectivity index (χ1) is 12.3. The van der Waals surface area contributed by atoms with Gasteiger partial charge in [0.15, 0.2) is 5.65 Å². The number of aromatic nitrogens is 6. The highest BCUT2D eigenvalue weighted by molar-refractivity contribution is 5.86. The Balaban J connectivity index is 1.53. The Morgan fingerprint density at radius 3 is 2.92 bits per heavy atom. The third-order valence-corrected chi connectivity index (χ3v) is 4.34. The molecule has 25 heavy (non-hydrogen) atoms. The molecule has 0 unspecified atom stereocenters. The van der Waals surface area contributed by atoms with Crippen LogP contribution in [0.1, 0.15) is 12.8 Å². The van der Waals surface area contributed by atoms with Crippen molar-refractivity contribution in [3.63, 3.8) is 0 Å². The van der Waals surface area contributed by atoms with Crippen molar-refractivity contribution in [2.45, 2.75) is 25.4 Å². The lowest BCUT2D eigenvalue weighted by molar-refractivity contribution is 0.271. The maximum absolute atomic E-state index is 9.13. The van der Waals surface area contributed by atoms with E-state index in [-0.39, 0.29) is 12.6 Å². The number of nitrogens with one attached hydrogen (secondary N) is 1. The van der Waals surface area contributed by atoms with Crippen molar-refractivity contribution < 1.29 is 5.11 Å². The fourth-order valence-corrected chi connectivity index (χ4v) is 3.19. The predicted octanol–water partition coefficient (Wildman–Crippen LogP) is 0.689. The van der Waals surface area contributed by atoms with Gasteiger partial charge in [-0.2, -0.15) is 5.10 Å². The molecule has 3 aromatic heterocycles. The molecule has 1 fully saturated rings. The van der Waals surface area contributed by atoms with Gasteiger partial charge in [0.2, 0.25) is 5.95 Å². The van der Waals surface area contributed by atoms with Crippen LogP contribution in [0, 0.1) is 0 Å². The lowest BCUT2D eigenvalue weighted by atomic mass is 10.1. The summed E-state index contributed by atoms with van der Waals surface area (Å²) in [4.78, 5) is 19.5. The highest BCUT2D eigenvalue weighted by Gasteiger charge is 2.22. The molecule has 1 aliphatic heterocycles. The quantitative estimate of drug-likeness (QED) is 0.699. The van der Waals surface area contributed by atoms with Gasteiger partial charge in [0, 0.05) is 31.5 Å². The third kappa shape index (κ3) is 3.22. The van der Waals surface area contributed by atoms with Crippen molar-refractivity contribution in [3.05, 3.63) is 31.0 Å². The largest absolute Gasteiger partial charge is 0.394 e. The Morgan fingerprint density at radius 1 is 1.20 bits per heavy atom. The van der Waals surface area contributed by atoms with E-state index >= 15 is 0 Å². The first-order valence-electron chi connectivity index (χ1n) is 8.41. The lowest BCUT2D eigenvalue weighted by Gasteiger charge is -2.33. The van der Waals surface area contributed by atoms with Gasteiger partial charge in [-0.3, -0.25) is 0 Å². The van der Waals surface area contributed by atoms with Gasteiger partial charge >= 0.3 is 0 Å². The predicted molar refractivity (Wildman–Crippen MR) is 93.3 cm³/mol. The number of nitrogens with zero attached hydrogens (tertiary/aromatic N) is 7. The van der Waals surface area contributed by atoms with Gasteiger partial charge in [-0.1, -0.05) is 0 Å². The maximum Gasteiger partial charge on any atom is 0.225 e. The normalized spacial score (nSPS) is 17.8. The van der Waals surface area contributed by atoms with E-state index in [1.165, 1.54) is 6.33 Å². The second-order valence-corrected chi connectivity index (χ2v) is 6.03. The standard InChI is InChI=1S/C16H20N8O/c25-8-7-24-15-13(9-21-24)14(19-11-20-15)22-12-3-1-6-23(10-12)16-17-4-2-5-18-16/h2,4-5,9,11-12,25H,1,3,6-8,10H2,(H,19,20,22)/t12-/m0/s1. The van der Waals surface area contributed by atoms with Gasteiger partial charge in [-0.15, -0.1) is 0 Å². The van der Waals surface area contributed by atoms with Crippen molar-refractivity contribution in [1.82, 2.24) is 29.7 Å². The fraction of sp³-hybridized carbons (Fsp3) is 0.438. The van der Waals surface area contributed by atoms with E-state index in [1.54, 1.807) is 23.3 Å². The molecule has 0 amide bonds. The summed E-state index contributed by atoms with van der Waals surface area (Å²) in [6.45, 7) is 2.22. The lowest BCUT2D eigenvalue weighted by Crippen LogP contribution is -2.43. The molecule has 4 heterocycles. The van der Waals surface area contributed by atoms with Gasteiger partial charge in [0.25, 0.3) is 0 Å². The zero-order valence-corrected chi connectivity index (χ0v) is 13.8. The molecule has 1 atom stereocenters. The van der Waals surface area contributed by atoms with Crippen molar-refractivity contribution in [2.75, 3.05) is 29.9 Å². The van der Waals surface area contributed by atoms with Gasteiger partial charge in [0.05, 0.1) is 24.7 Å². The Bertz CT molecular complexity index is 837. The molecule has 0 radical (unpaired) electrons. The first-order valence-corrected chi connectivity index (χ1v) is 8.41. The van der Waals surface area contributed by atoms with Crippen LogP contribution in [0.2, 0.25) is 0 Å². The Morgan fingerprint density at radius 2 is 2.08 bits per heavy atom. The molecule has 2 N–H and O–H groups in total. The molecule has 3 aromatic rings. The average Bonchev–Trinajstić information content (AvgIpc) is 3.07. The highest BCUT2D eigenvalue weighted by Crippen LogP contribution is 2.22. The molecule has 0 saturated carbocycles. The minimum atomic E-state index is 0.0260. The Labute approximate surface area is 144 Å². The summed E-state index contributed by atoms with van der Waals surface area (Å²) >= 11 is 0. The zero-order valence-electron chi connectivity index (χ0n) is 13.8. The van der Waals surface area contributed by atoms with Crippen LogP contribution in [0.4, 0.5) is 11.8 Å². The summed E-state index contributed by atoms with van der Waals surface area (Å²) in [5, 5.41) is 17.8. The molecule has 0 aliphatic carbocycles. The molecule has 9 nitrogen and oxygen atoms in total. The molecule has 130 valence electrons. The topological polar surface area (TPSA) is 105 Å². The van der Waals surface area contributed by atoms with Crippen LogP contribution in [0.3, 0.4) is 0 Å². The second kappa shape index (κ2) is 6.98. The third-order valence-electron chi connectivity index (χ3n) is 4.34. The number of rotatable bonds is 5. The van der Waals surface area contributed by atoms with E-state index in [4.69, 9.17) is 5.11 Å². The van der Waals surface area contributed by atoms with Gasteiger partial charge in [-0.25, -0.2) is 24.6 Å². The SMILES string of the molecule is OCCn1ncc2c(N[C@H]3CCCN(c4ncccn4)C3)ncnc21. The number of aliphatic hydroxyl groups is 1. The first kappa shape index (κ1) is 15.7. The summed E-state index contributed by atoms with van der Waals surface area (Å²) in [6.07, 6.45) is 8.93. The van der Waals surface area contributed by atoms with Crippen LogP contribution in [0.25, 0.3) is 11.0 Å². The Kier molecular flexibility index (Phi) is 4.38. The minimum Gasteiger partial charge on any atom is -0.394 e. The summed E-state index contributed by atoms with van der Waals surface area (Å²) in [7, 11) is 0. The van der Waals surface area contributed by atoms with E-state index in [2.05, 4.69) is 35.3 Å². The van der Waals surface area contributed by atoms with E-state index in [1.807, 2.05) is 6.07 Å². The summed E-state index contributed by atoms with van der Waals surface area (Å²) < 4.78 is 1.69. The molecule has 0 bridgehead atoms. The van der Waals surface area contributed by atoms with Gasteiger partial charge < -0.3 is 15.3 Å². The molecule has 0 aromatic carbocycles. The van der Waals surface area contributed by atoms with Crippen molar-refractivity contribution >= 4 is 22.8 Å². The van der Waals surface area contributed by atoms with Crippen LogP contribution in [-0.4, -0.2) is 60.6 Å². The monoisotopic (exact) mass is 340 g/mol. The molecule has 9 heteroatoms. The second-order valence-electron chi connectivity index (χ2n) is 6.03. The number of hydrogen-bond acceptors (Lipinski definition) is 8. The molecule has 0 spiro atoms. The zero-order chi connectivity index (χ0) is 17.1. The summed E-state index contributed by atoms with van der Waals surface area (Å²) in [6, 6.07) is 2.07. The summed E-state index contributed by atoms with van der Waals surface area (Å²) in [5.41, 5.74) is 0.727. The minimum absolute atomic E-state index is 0.0260. The van der Waals surface area contributed by atoms with Crippen LogP contribution < -0.4 is 10.2 Å². The van der Waals surface area contributed by atoms with Gasteiger partial charge in [0.1, 0.15) is 12.1 Å². The smallest absolute Gasteiger partial charge is 0.225 e. The number of fused-ring (bicyclic) bond motifs is 1. The molecular weight excluding hydrogens is 320 g/mol. The van der Waals surface area contributed by atoms with E-state index in [0.29, 0.717) is 6.54 Å². The van der Waals surface area contributed by atoms with Crippen molar-refractivity contribution in [3.8, 4) is 0 Å². The molecular formula is C16H20N8O. The van der Waals surface area contributed by atoms with Crippen molar-refractivity contribution in [2.24, 2.45) is 0 Å². The van der Waals surface area contributed by atoms with Crippen LogP contribution in [0.15, 0.2) is 31.0 Å². The van der Waals surface area contributed by atoms with E-state index in [9.17, 15) is 0 Å². The van der Waals surface area contributed by atoms with E-state index < -0.39 is 0 Å². The highest BCUT2D eigenvalue weighted by atomic mass is 16.3. The maximum atomic E-state index is 9.13. The van der Waals surface area contributed by atoms with E-state index in [0.717, 1.165) is 48.7 Å². The number of hydrogen-bond donors (Lipinski definition) is 2. The molecule has 1 saturated heterocycles. The van der Waals surface area contributed by atoms with Crippen LogP contribution in [-0.2, 0) is 6.54 Å². The Hall–Kier alpha value is -2.81. The number of anilines is 2.